The summed E-state index contributed by atoms with van der Waals surface area (Å²) in [6, 6.07) is 0. The molecule has 0 amide bonds. The van der Waals surface area contributed by atoms with Crippen LogP contribution in [0.5, 0.6) is 0 Å². The number of rotatable bonds is 6. The Bertz CT molecular complexity index is 417. The Morgan fingerprint density at radius 2 is 1.60 bits per heavy atom. The minimum absolute atomic E-state index is 0. The summed E-state index contributed by atoms with van der Waals surface area (Å²) in [5.41, 5.74) is 6.77. The second-order valence-corrected chi connectivity index (χ2v) is 4.14. The zero-order valence-corrected chi connectivity index (χ0v) is 14.2. The molecule has 0 rings (SSSR count). The van der Waals surface area contributed by atoms with Crippen LogP contribution in [-0.2, 0) is 42.3 Å². The molecule has 0 heterocycles. The third kappa shape index (κ3) is 9.85. The number of hydrogen-bond acceptors (Lipinski definition) is 6. The molecule has 0 saturated heterocycles. The van der Waals surface area contributed by atoms with E-state index in [4.69, 9.17) is 25.3 Å². The molecule has 0 aliphatic rings. The van der Waals surface area contributed by atoms with Gasteiger partial charge in [0.2, 0.25) is 0 Å². The second-order valence-electron chi connectivity index (χ2n) is 3.36. The molecule has 0 aromatic carbocycles. The Kier molecular flexibility index (Phi) is 13.8. The maximum Gasteiger partial charge on any atom is 2.00 e. The van der Waals surface area contributed by atoms with Gasteiger partial charge < -0.3 is 25.3 Å². The van der Waals surface area contributed by atoms with E-state index in [1.165, 1.54) is 0 Å². The number of hydrazone groups is 2. The number of hydrogen-bond donors (Lipinski definition) is 2. The molecule has 0 aromatic rings. The average molecular weight is 362 g/mol. The molecule has 1 radical (unpaired) electrons. The van der Waals surface area contributed by atoms with Crippen LogP contribution in [-0.4, -0.2) is 35.9 Å². The van der Waals surface area contributed by atoms with Gasteiger partial charge in [-0.3, -0.25) is 20.8 Å². The average Bonchev–Trinajstić information content (AvgIpc) is 2.43. The van der Waals surface area contributed by atoms with Gasteiger partial charge in [-0.2, -0.15) is 10.2 Å². The minimum atomic E-state index is 0. The minimum Gasteiger partial charge on any atom is -0.741 e. The van der Waals surface area contributed by atoms with Crippen molar-refractivity contribution in [2.45, 2.75) is 19.8 Å². The first-order chi connectivity index (χ1) is 9.04. The van der Waals surface area contributed by atoms with Gasteiger partial charge in [-0.05, 0) is 30.1 Å². The van der Waals surface area contributed by atoms with E-state index in [-0.39, 0.29) is 17.1 Å². The standard InChI is InChI=1S/C11H20N6S2.Cu/c1-5-6-7-9(15-17-11(19)13-4)8(2)14-16-10(18)12-3;/h5H,1,6-7H2,2-4H3,(H2,12,16,18)(H2,13,17,19);/q;+2/p-2/b14-8+,15-9+;. The van der Waals surface area contributed by atoms with Gasteiger partial charge in [0.1, 0.15) is 0 Å². The molecule has 0 spiro atoms. The van der Waals surface area contributed by atoms with E-state index in [1.54, 1.807) is 14.1 Å². The van der Waals surface area contributed by atoms with Crippen LogP contribution in [0.25, 0.3) is 0 Å². The topological polar surface area (TPSA) is 73.5 Å². The van der Waals surface area contributed by atoms with Gasteiger partial charge in [0.25, 0.3) is 0 Å². The Hall–Kier alpha value is -1.02. The first kappa shape index (κ1) is 21.3. The summed E-state index contributed by atoms with van der Waals surface area (Å²) in [5.74, 6) is 0. The molecule has 0 aliphatic carbocycles. The maximum absolute atomic E-state index is 4.90. The van der Waals surface area contributed by atoms with Gasteiger partial charge in [-0.15, -0.1) is 6.58 Å². The summed E-state index contributed by atoms with van der Waals surface area (Å²) >= 11 is 9.78. The van der Waals surface area contributed by atoms with Crippen molar-refractivity contribution in [3.63, 3.8) is 0 Å². The van der Waals surface area contributed by atoms with Crippen LogP contribution in [0.2, 0.25) is 0 Å². The van der Waals surface area contributed by atoms with Crippen molar-refractivity contribution >= 4 is 47.0 Å². The maximum atomic E-state index is 4.90. The Labute approximate surface area is 141 Å². The van der Waals surface area contributed by atoms with Crippen molar-refractivity contribution < 1.29 is 17.1 Å². The monoisotopic (exact) mass is 361 g/mol. The number of aliphatic imine (C=N–C) groups is 2. The van der Waals surface area contributed by atoms with E-state index in [9.17, 15) is 0 Å². The van der Waals surface area contributed by atoms with Crippen LogP contribution in [0, 0.1) is 0 Å². The quantitative estimate of drug-likeness (QED) is 0.184. The summed E-state index contributed by atoms with van der Waals surface area (Å²) < 4.78 is 0. The van der Waals surface area contributed by atoms with E-state index in [1.807, 2.05) is 13.0 Å². The molecule has 6 nitrogen and oxygen atoms in total. The molecule has 0 saturated carbocycles. The van der Waals surface area contributed by atoms with Crippen LogP contribution in [0.1, 0.15) is 19.8 Å². The smallest absolute Gasteiger partial charge is 0.741 e. The summed E-state index contributed by atoms with van der Waals surface area (Å²) in [5, 5.41) is 8.91. The number of allylic oxidation sites excluding steroid dienone is 1. The molecule has 2 N–H and O–H groups in total. The van der Waals surface area contributed by atoms with E-state index >= 15 is 0 Å². The van der Waals surface area contributed by atoms with Crippen LogP contribution in [0.3, 0.4) is 0 Å². The molecule has 0 atom stereocenters. The predicted molar refractivity (Wildman–Crippen MR) is 87.7 cm³/mol. The van der Waals surface area contributed by atoms with Gasteiger partial charge in [0.05, 0.1) is 11.4 Å². The first-order valence-corrected chi connectivity index (χ1v) is 6.38. The largest absolute Gasteiger partial charge is 2.00 e. The van der Waals surface area contributed by atoms with E-state index in [0.29, 0.717) is 22.5 Å². The summed E-state index contributed by atoms with van der Waals surface area (Å²) in [7, 11) is 3.19. The first-order valence-electron chi connectivity index (χ1n) is 5.56. The predicted octanol–water partition coefficient (Wildman–Crippen LogP) is 0.927. The zero-order valence-electron chi connectivity index (χ0n) is 11.6. The molecule has 0 aliphatic heterocycles. The third-order valence-electron chi connectivity index (χ3n) is 2.01. The van der Waals surface area contributed by atoms with Gasteiger partial charge in [0, 0.05) is 14.1 Å². The molecular weight excluding hydrogens is 344 g/mol. The number of nitrogens with one attached hydrogen (secondary N) is 2. The summed E-state index contributed by atoms with van der Waals surface area (Å²) in [6.45, 7) is 5.50. The zero-order chi connectivity index (χ0) is 14.7. The van der Waals surface area contributed by atoms with Crippen molar-refractivity contribution in [2.75, 3.05) is 14.1 Å². The van der Waals surface area contributed by atoms with Crippen molar-refractivity contribution in [1.82, 2.24) is 10.9 Å². The summed E-state index contributed by atoms with van der Waals surface area (Å²) in [4.78, 5) is 7.56. The van der Waals surface area contributed by atoms with Crippen molar-refractivity contribution in [3.8, 4) is 0 Å². The fourth-order valence-corrected chi connectivity index (χ4v) is 1.06. The van der Waals surface area contributed by atoms with Crippen LogP contribution in [0.15, 0.2) is 32.8 Å². The Balaban J connectivity index is 0. The fraction of sp³-hybridized carbons (Fsp3) is 0.455. The van der Waals surface area contributed by atoms with Crippen LogP contribution >= 0.6 is 0 Å². The van der Waals surface area contributed by atoms with Crippen molar-refractivity contribution in [1.29, 1.82) is 0 Å². The van der Waals surface area contributed by atoms with Gasteiger partial charge >= 0.3 is 17.1 Å². The SMILES string of the molecule is C=CCCC(=N\NC([S-])=NC)/C(C)=N/NC([S-])=NC.[Cu+2]. The van der Waals surface area contributed by atoms with Gasteiger partial charge in [0.15, 0.2) is 0 Å². The molecule has 0 unspecified atom stereocenters. The number of amidine groups is 2. The molecule has 9 heteroatoms. The van der Waals surface area contributed by atoms with Gasteiger partial charge in [-0.1, -0.05) is 6.08 Å². The third-order valence-corrected chi connectivity index (χ3v) is 2.56. The normalized spacial score (nSPS) is 13.6. The molecule has 0 bridgehead atoms. The van der Waals surface area contributed by atoms with Gasteiger partial charge in [-0.25, -0.2) is 0 Å². The molecule has 115 valence electrons. The second kappa shape index (κ2) is 13.0. The molecular formula is C11H18CuN6S2. The van der Waals surface area contributed by atoms with Crippen LogP contribution in [0.4, 0.5) is 0 Å². The summed E-state index contributed by atoms with van der Waals surface area (Å²) in [6.07, 6.45) is 3.28. The molecule has 0 fully saturated rings. The number of nitrogens with zero attached hydrogens (tertiary/aromatic N) is 4. The fourth-order valence-electron chi connectivity index (χ4n) is 0.968. The van der Waals surface area contributed by atoms with Crippen LogP contribution < -0.4 is 10.9 Å². The van der Waals surface area contributed by atoms with E-state index < -0.39 is 0 Å². The van der Waals surface area contributed by atoms with Crippen molar-refractivity contribution in [3.05, 3.63) is 12.7 Å². The van der Waals surface area contributed by atoms with E-state index in [2.05, 4.69) is 37.6 Å². The van der Waals surface area contributed by atoms with E-state index in [0.717, 1.165) is 12.1 Å². The molecule has 20 heavy (non-hydrogen) atoms. The molecule has 0 aromatic heterocycles. The Morgan fingerprint density at radius 1 is 1.10 bits per heavy atom. The van der Waals surface area contributed by atoms with Crippen molar-refractivity contribution in [2.24, 2.45) is 20.2 Å². The Morgan fingerprint density at radius 3 is 2.05 bits per heavy atom.